The van der Waals surface area contributed by atoms with E-state index in [1.54, 1.807) is 72.8 Å². The molecule has 8 heteroatoms. The quantitative estimate of drug-likeness (QED) is 0.276. The lowest BCUT2D eigenvalue weighted by molar-refractivity contribution is -0.114. The molecular formula is C27H23BrN2O4S. The Morgan fingerprint density at radius 3 is 2.17 bits per heavy atom. The number of halogens is 1. The van der Waals surface area contributed by atoms with Gasteiger partial charge in [-0.15, -0.1) is 0 Å². The highest BCUT2D eigenvalue weighted by atomic mass is 79.9. The number of carbonyl (C=O) groups is 1. The van der Waals surface area contributed by atoms with Crippen molar-refractivity contribution in [2.45, 2.75) is 11.8 Å². The summed E-state index contributed by atoms with van der Waals surface area (Å²) in [4.78, 5) is 13.0. The maximum Gasteiger partial charge on any atom is 0.264 e. The molecule has 35 heavy (non-hydrogen) atoms. The molecule has 6 nitrogen and oxygen atoms in total. The van der Waals surface area contributed by atoms with Crippen LogP contribution in [0.4, 0.5) is 11.4 Å². The van der Waals surface area contributed by atoms with Crippen LogP contribution in [0.3, 0.4) is 0 Å². The van der Waals surface area contributed by atoms with E-state index in [-0.39, 0.29) is 4.90 Å². The molecule has 0 aliphatic heterocycles. The highest BCUT2D eigenvalue weighted by Crippen LogP contribution is 2.27. The van der Waals surface area contributed by atoms with E-state index in [9.17, 15) is 13.2 Å². The molecule has 4 aromatic carbocycles. The third-order valence-electron chi connectivity index (χ3n) is 5.11. The number of ether oxygens (including phenoxy) is 1. The van der Waals surface area contributed by atoms with Gasteiger partial charge in [0, 0.05) is 10.2 Å². The molecule has 1 N–H and O–H groups in total. The Morgan fingerprint density at radius 1 is 0.857 bits per heavy atom. The standard InChI is InChI=1S/C27H23BrN2O4S/c1-20-10-16-26(17-11-20)35(32,33)30(23-7-5-6-21(28)18-23)19-27(31)29-22-12-14-25(15-13-22)34-24-8-3-2-4-9-24/h2-18H,19H2,1H3,(H,29,31). The number of para-hydroxylation sites is 1. The van der Waals surface area contributed by atoms with Crippen molar-refractivity contribution in [1.82, 2.24) is 0 Å². The smallest absolute Gasteiger partial charge is 0.264 e. The summed E-state index contributed by atoms with van der Waals surface area (Å²) in [7, 11) is -3.98. The third kappa shape index (κ3) is 6.29. The minimum absolute atomic E-state index is 0.110. The molecule has 0 bridgehead atoms. The molecule has 0 radical (unpaired) electrons. The molecule has 0 aromatic heterocycles. The fourth-order valence-corrected chi connectivity index (χ4v) is 5.15. The summed E-state index contributed by atoms with van der Waals surface area (Å²) in [5.74, 6) is 0.847. The Kier molecular flexibility index (Phi) is 7.53. The molecule has 0 fully saturated rings. The Hall–Kier alpha value is -3.62. The van der Waals surface area contributed by atoms with Crippen LogP contribution in [0, 0.1) is 6.92 Å². The van der Waals surface area contributed by atoms with Crippen LogP contribution < -0.4 is 14.4 Å². The third-order valence-corrected chi connectivity index (χ3v) is 7.39. The first-order chi connectivity index (χ1) is 16.8. The molecule has 0 saturated carbocycles. The van der Waals surface area contributed by atoms with Crippen molar-refractivity contribution in [1.29, 1.82) is 0 Å². The summed E-state index contributed by atoms with van der Waals surface area (Å²) < 4.78 is 34.5. The molecule has 0 aliphatic rings. The van der Waals surface area contributed by atoms with Crippen molar-refractivity contribution in [3.8, 4) is 11.5 Å². The summed E-state index contributed by atoms with van der Waals surface area (Å²) in [5, 5.41) is 2.77. The van der Waals surface area contributed by atoms with Crippen LogP contribution in [-0.2, 0) is 14.8 Å². The monoisotopic (exact) mass is 550 g/mol. The number of aryl methyl sites for hydroxylation is 1. The maximum atomic E-state index is 13.5. The molecule has 4 aromatic rings. The summed E-state index contributed by atoms with van der Waals surface area (Å²) >= 11 is 3.38. The molecule has 4 rings (SSSR count). The highest BCUT2D eigenvalue weighted by molar-refractivity contribution is 9.10. The van der Waals surface area contributed by atoms with Gasteiger partial charge in [-0.1, -0.05) is 57.9 Å². The topological polar surface area (TPSA) is 75.7 Å². The number of amides is 1. The average molecular weight is 551 g/mol. The van der Waals surface area contributed by atoms with Gasteiger partial charge >= 0.3 is 0 Å². The van der Waals surface area contributed by atoms with Gasteiger partial charge < -0.3 is 10.1 Å². The van der Waals surface area contributed by atoms with Gasteiger partial charge in [0.05, 0.1) is 10.6 Å². The van der Waals surface area contributed by atoms with Gasteiger partial charge in [-0.25, -0.2) is 8.42 Å². The lowest BCUT2D eigenvalue weighted by atomic mass is 10.2. The molecule has 178 valence electrons. The minimum Gasteiger partial charge on any atom is -0.457 e. The zero-order valence-electron chi connectivity index (χ0n) is 18.9. The number of anilines is 2. The van der Waals surface area contributed by atoms with Crippen molar-refractivity contribution in [2.24, 2.45) is 0 Å². The molecule has 0 spiro atoms. The van der Waals surface area contributed by atoms with Crippen molar-refractivity contribution in [2.75, 3.05) is 16.2 Å². The van der Waals surface area contributed by atoms with E-state index < -0.39 is 22.5 Å². The first kappa shape index (κ1) is 24.5. The second kappa shape index (κ2) is 10.8. The van der Waals surface area contributed by atoms with Crippen LogP contribution in [0.15, 0.2) is 112 Å². The fraction of sp³-hybridized carbons (Fsp3) is 0.0741. The average Bonchev–Trinajstić information content (AvgIpc) is 2.84. The first-order valence-corrected chi connectivity index (χ1v) is 13.0. The summed E-state index contributed by atoms with van der Waals surface area (Å²) in [6.45, 7) is 1.49. The molecule has 0 saturated heterocycles. The number of benzene rings is 4. The zero-order chi connectivity index (χ0) is 24.8. The molecule has 0 aliphatic carbocycles. The Morgan fingerprint density at radius 2 is 1.51 bits per heavy atom. The lowest BCUT2D eigenvalue weighted by Crippen LogP contribution is -2.38. The van der Waals surface area contributed by atoms with Crippen LogP contribution in [0.2, 0.25) is 0 Å². The predicted octanol–water partition coefficient (Wildman–Crippen LogP) is 6.38. The van der Waals surface area contributed by atoms with Gasteiger partial charge in [-0.2, -0.15) is 0 Å². The predicted molar refractivity (Wildman–Crippen MR) is 141 cm³/mol. The number of sulfonamides is 1. The first-order valence-electron chi connectivity index (χ1n) is 10.8. The molecule has 1 amide bonds. The number of rotatable bonds is 8. The van der Waals surface area contributed by atoms with Gasteiger partial charge in [-0.05, 0) is 73.7 Å². The van der Waals surface area contributed by atoms with Crippen molar-refractivity contribution >= 4 is 43.2 Å². The van der Waals surface area contributed by atoms with E-state index in [0.717, 1.165) is 9.87 Å². The molecule has 0 unspecified atom stereocenters. The number of hydrogen-bond donors (Lipinski definition) is 1. The van der Waals surface area contributed by atoms with Gasteiger partial charge in [-0.3, -0.25) is 9.10 Å². The van der Waals surface area contributed by atoms with E-state index in [1.807, 2.05) is 37.3 Å². The Balaban J connectivity index is 1.53. The van der Waals surface area contributed by atoms with Crippen molar-refractivity contribution in [3.05, 3.63) is 113 Å². The molecular weight excluding hydrogens is 528 g/mol. The Labute approximate surface area is 213 Å². The largest absolute Gasteiger partial charge is 0.457 e. The lowest BCUT2D eigenvalue weighted by Gasteiger charge is -2.24. The second-order valence-electron chi connectivity index (χ2n) is 7.79. The highest BCUT2D eigenvalue weighted by Gasteiger charge is 2.27. The van der Waals surface area contributed by atoms with Crippen LogP contribution >= 0.6 is 15.9 Å². The summed E-state index contributed by atoms with van der Waals surface area (Å²) in [6.07, 6.45) is 0. The van der Waals surface area contributed by atoms with E-state index in [2.05, 4.69) is 21.2 Å². The van der Waals surface area contributed by atoms with Crippen LogP contribution in [0.5, 0.6) is 11.5 Å². The van der Waals surface area contributed by atoms with Gasteiger partial charge in [0.25, 0.3) is 10.0 Å². The number of carbonyl (C=O) groups excluding carboxylic acids is 1. The summed E-state index contributed by atoms with van der Waals surface area (Å²) in [6, 6.07) is 29.6. The van der Waals surface area contributed by atoms with Crippen LogP contribution in [-0.4, -0.2) is 20.9 Å². The normalized spacial score (nSPS) is 11.0. The maximum absolute atomic E-state index is 13.5. The van der Waals surface area contributed by atoms with Crippen molar-refractivity contribution in [3.63, 3.8) is 0 Å². The van der Waals surface area contributed by atoms with Gasteiger partial charge in [0.15, 0.2) is 0 Å². The fourth-order valence-electron chi connectivity index (χ4n) is 3.35. The van der Waals surface area contributed by atoms with E-state index >= 15 is 0 Å². The van der Waals surface area contributed by atoms with Gasteiger partial charge in [0.2, 0.25) is 5.91 Å². The second-order valence-corrected chi connectivity index (χ2v) is 10.6. The summed E-state index contributed by atoms with van der Waals surface area (Å²) in [5.41, 5.74) is 1.84. The SMILES string of the molecule is Cc1ccc(S(=O)(=O)N(CC(=O)Nc2ccc(Oc3ccccc3)cc2)c2cccc(Br)c2)cc1. The van der Waals surface area contributed by atoms with E-state index in [0.29, 0.717) is 27.3 Å². The minimum atomic E-state index is -3.98. The van der Waals surface area contributed by atoms with Crippen LogP contribution in [0.1, 0.15) is 5.56 Å². The van der Waals surface area contributed by atoms with E-state index in [4.69, 9.17) is 4.74 Å². The number of nitrogens with one attached hydrogen (secondary N) is 1. The Bertz CT molecular complexity index is 1410. The number of hydrogen-bond acceptors (Lipinski definition) is 4. The van der Waals surface area contributed by atoms with E-state index in [1.165, 1.54) is 0 Å². The zero-order valence-corrected chi connectivity index (χ0v) is 21.3. The molecule has 0 heterocycles. The molecule has 0 atom stereocenters. The number of nitrogens with zero attached hydrogens (tertiary/aromatic N) is 1. The van der Waals surface area contributed by atoms with Crippen LogP contribution in [0.25, 0.3) is 0 Å². The van der Waals surface area contributed by atoms with Crippen molar-refractivity contribution < 1.29 is 17.9 Å². The van der Waals surface area contributed by atoms with Gasteiger partial charge in [0.1, 0.15) is 18.0 Å².